The van der Waals surface area contributed by atoms with E-state index < -0.39 is 0 Å². The zero-order chi connectivity index (χ0) is 25.2. The molecule has 0 aliphatic heterocycles. The van der Waals surface area contributed by atoms with Gasteiger partial charge < -0.3 is 14.0 Å². The van der Waals surface area contributed by atoms with E-state index in [-0.39, 0.29) is 20.1 Å². The van der Waals surface area contributed by atoms with Gasteiger partial charge in [-0.3, -0.25) is 4.98 Å². The Balaban J connectivity index is 0.000000191. The van der Waals surface area contributed by atoms with Crippen LogP contribution in [0.5, 0.6) is 0 Å². The number of rotatable bonds is 2. The molecule has 0 bridgehead atoms. The van der Waals surface area contributed by atoms with Crippen LogP contribution in [0.2, 0.25) is 0 Å². The van der Waals surface area contributed by atoms with E-state index in [1.807, 2.05) is 103 Å². The van der Waals surface area contributed by atoms with E-state index in [1.165, 1.54) is 0 Å². The minimum absolute atomic E-state index is 0. The van der Waals surface area contributed by atoms with Crippen LogP contribution in [0.3, 0.4) is 0 Å². The molecule has 0 amide bonds. The molecule has 185 valence electrons. The van der Waals surface area contributed by atoms with Crippen molar-refractivity contribution < 1.29 is 24.5 Å². The molecule has 0 aliphatic rings. The number of nitrogens with zero attached hydrogens (tertiary/aromatic N) is 5. The molecule has 0 atom stereocenters. The minimum atomic E-state index is 0. The molecule has 7 rings (SSSR count). The van der Waals surface area contributed by atoms with Crippen LogP contribution in [0.15, 0.2) is 102 Å². The van der Waals surface area contributed by atoms with E-state index >= 15 is 0 Å². The summed E-state index contributed by atoms with van der Waals surface area (Å²) >= 11 is 0. The second kappa shape index (κ2) is 10.8. The number of fused-ring (bicyclic) bond motifs is 4. The van der Waals surface area contributed by atoms with Crippen molar-refractivity contribution in [3.8, 4) is 28.7 Å². The van der Waals surface area contributed by atoms with Gasteiger partial charge in [0.1, 0.15) is 11.8 Å². The molecule has 7 aromatic rings. The molecular formula is C31H19IrN5O-2. The summed E-state index contributed by atoms with van der Waals surface area (Å²) in [5.41, 5.74) is 6.38. The number of hydrogen-bond donors (Lipinski definition) is 0. The summed E-state index contributed by atoms with van der Waals surface area (Å²) in [5.74, 6) is 0.828. The maximum absolute atomic E-state index is 8.99. The quantitative estimate of drug-likeness (QED) is 0.190. The summed E-state index contributed by atoms with van der Waals surface area (Å²) in [4.78, 5) is 13.1. The molecule has 0 N–H and O–H groups in total. The van der Waals surface area contributed by atoms with Crippen LogP contribution in [0.1, 0.15) is 5.69 Å². The number of imidazole rings is 1. The normalized spacial score (nSPS) is 10.5. The largest absolute Gasteiger partial charge is 0.458 e. The number of benzene rings is 3. The first kappa shape index (κ1) is 25.0. The van der Waals surface area contributed by atoms with Crippen LogP contribution >= 0.6 is 0 Å². The standard InChI is InChI=1S/C20H11N4O.C11H8N.Ir/c1-24-17-5-3-2-4-16(17)23-19(24)12-6-8-14-15-9-7-13(11-21)22-20(15)25-18(14)10-12;1-2-6-10(7-3-1)11-8-4-5-9-12-11;/h2-5,7-10H,1H3;1-6,8-9H;/q2*-1;. The summed E-state index contributed by atoms with van der Waals surface area (Å²) < 4.78 is 7.90. The molecule has 0 saturated heterocycles. The molecule has 0 spiro atoms. The first-order valence-corrected chi connectivity index (χ1v) is 11.7. The monoisotopic (exact) mass is 670 g/mol. The first-order chi connectivity index (χ1) is 18.2. The van der Waals surface area contributed by atoms with E-state index in [4.69, 9.17) is 14.7 Å². The van der Waals surface area contributed by atoms with Gasteiger partial charge in [0.15, 0.2) is 0 Å². The van der Waals surface area contributed by atoms with Crippen LogP contribution in [-0.4, -0.2) is 19.5 Å². The van der Waals surface area contributed by atoms with Gasteiger partial charge in [0.2, 0.25) is 5.71 Å². The van der Waals surface area contributed by atoms with Crippen molar-refractivity contribution in [1.29, 1.82) is 5.26 Å². The van der Waals surface area contributed by atoms with Gasteiger partial charge in [-0.25, -0.2) is 4.98 Å². The van der Waals surface area contributed by atoms with Gasteiger partial charge in [0, 0.05) is 38.7 Å². The average Bonchev–Trinajstić information content (AvgIpc) is 3.50. The number of pyridine rings is 2. The third kappa shape index (κ3) is 4.71. The third-order valence-electron chi connectivity index (χ3n) is 6.06. The molecule has 0 aliphatic carbocycles. The second-order valence-electron chi connectivity index (χ2n) is 8.36. The van der Waals surface area contributed by atoms with E-state index in [0.29, 0.717) is 17.0 Å². The molecule has 38 heavy (non-hydrogen) atoms. The number of aryl methyl sites for hydroxylation is 1. The van der Waals surface area contributed by atoms with Crippen molar-refractivity contribution in [2.24, 2.45) is 7.05 Å². The summed E-state index contributed by atoms with van der Waals surface area (Å²) in [7, 11) is 1.99. The van der Waals surface area contributed by atoms with Gasteiger partial charge in [0.25, 0.3) is 0 Å². The van der Waals surface area contributed by atoms with Crippen LogP contribution in [-0.2, 0) is 27.2 Å². The van der Waals surface area contributed by atoms with Gasteiger partial charge in [-0.2, -0.15) is 5.26 Å². The van der Waals surface area contributed by atoms with Crippen molar-refractivity contribution in [3.63, 3.8) is 0 Å². The third-order valence-corrected chi connectivity index (χ3v) is 6.06. The Kier molecular flexibility index (Phi) is 7.10. The van der Waals surface area contributed by atoms with Gasteiger partial charge in [-0.05, 0) is 30.0 Å². The van der Waals surface area contributed by atoms with E-state index in [0.717, 1.165) is 44.5 Å². The number of para-hydroxylation sites is 2. The molecule has 4 heterocycles. The van der Waals surface area contributed by atoms with Crippen LogP contribution < -0.4 is 0 Å². The predicted molar refractivity (Wildman–Crippen MR) is 143 cm³/mol. The Morgan fingerprint density at radius 3 is 2.47 bits per heavy atom. The van der Waals surface area contributed by atoms with Crippen LogP contribution in [0.4, 0.5) is 0 Å². The maximum Gasteiger partial charge on any atom is 0.217 e. The molecule has 7 heteroatoms. The first-order valence-electron chi connectivity index (χ1n) is 11.7. The van der Waals surface area contributed by atoms with Crippen LogP contribution in [0, 0.1) is 23.5 Å². The van der Waals surface area contributed by atoms with E-state index in [1.54, 1.807) is 12.3 Å². The SMILES string of the molecule is Cn1c(-c2[c-]cc3c(c2)oc2nc(C#N)ccc23)nc2ccccc21.[Ir].[c-]1ccccc1-c1ccccn1. The number of furan rings is 1. The zero-order valence-electron chi connectivity index (χ0n) is 20.2. The van der Waals surface area contributed by atoms with Crippen molar-refractivity contribution in [3.05, 3.63) is 115 Å². The van der Waals surface area contributed by atoms with Gasteiger partial charge >= 0.3 is 0 Å². The topological polar surface area (TPSA) is 80.5 Å². The van der Waals surface area contributed by atoms with Crippen molar-refractivity contribution >= 4 is 33.1 Å². The Morgan fingerprint density at radius 1 is 0.868 bits per heavy atom. The fourth-order valence-corrected chi connectivity index (χ4v) is 4.25. The Morgan fingerprint density at radius 2 is 1.71 bits per heavy atom. The van der Waals surface area contributed by atoms with Crippen molar-refractivity contribution in [2.45, 2.75) is 0 Å². The molecule has 0 fully saturated rings. The summed E-state index contributed by atoms with van der Waals surface area (Å²) in [6, 6.07) is 37.5. The van der Waals surface area contributed by atoms with E-state index in [2.05, 4.69) is 22.1 Å². The predicted octanol–water partition coefficient (Wildman–Crippen LogP) is 6.75. The van der Waals surface area contributed by atoms with Gasteiger partial charge in [-0.15, -0.1) is 53.6 Å². The fourth-order valence-electron chi connectivity index (χ4n) is 4.25. The second-order valence-corrected chi connectivity index (χ2v) is 8.36. The minimum Gasteiger partial charge on any atom is -0.458 e. The average molecular weight is 670 g/mol. The van der Waals surface area contributed by atoms with Crippen LogP contribution in [0.25, 0.3) is 55.7 Å². The summed E-state index contributed by atoms with van der Waals surface area (Å²) in [6.45, 7) is 0. The smallest absolute Gasteiger partial charge is 0.217 e. The molecule has 4 aromatic heterocycles. The number of nitriles is 1. The molecule has 3 aromatic carbocycles. The molecular weight excluding hydrogens is 651 g/mol. The zero-order valence-corrected chi connectivity index (χ0v) is 22.6. The fraction of sp³-hybridized carbons (Fsp3) is 0.0323. The van der Waals surface area contributed by atoms with Gasteiger partial charge in [-0.1, -0.05) is 41.8 Å². The van der Waals surface area contributed by atoms with Crippen molar-refractivity contribution in [2.75, 3.05) is 0 Å². The molecule has 0 saturated carbocycles. The van der Waals surface area contributed by atoms with Gasteiger partial charge in [0.05, 0.1) is 22.4 Å². The molecule has 0 unspecified atom stereocenters. The van der Waals surface area contributed by atoms with Crippen molar-refractivity contribution in [1.82, 2.24) is 19.5 Å². The van der Waals surface area contributed by atoms with E-state index in [9.17, 15) is 0 Å². The Bertz CT molecular complexity index is 1870. The summed E-state index contributed by atoms with van der Waals surface area (Å²) in [5, 5.41) is 10.8. The number of aromatic nitrogens is 4. The Labute approximate surface area is 232 Å². The maximum atomic E-state index is 8.99. The summed E-state index contributed by atoms with van der Waals surface area (Å²) in [6.07, 6.45) is 1.79. The molecule has 6 nitrogen and oxygen atoms in total. The molecule has 1 radical (unpaired) electrons. The number of hydrogen-bond acceptors (Lipinski definition) is 5. The Hall–Kier alpha value is -4.63.